The van der Waals surface area contributed by atoms with Gasteiger partial charge in [0.05, 0.1) is 18.1 Å². The smallest absolute Gasteiger partial charge is 0.242 e. The molecule has 130 valence electrons. The number of benzene rings is 1. The highest BCUT2D eigenvalue weighted by molar-refractivity contribution is 8.24. The lowest BCUT2D eigenvalue weighted by molar-refractivity contribution is -0.128. The van der Waals surface area contributed by atoms with Gasteiger partial charge in [-0.25, -0.2) is 0 Å². The fourth-order valence-corrected chi connectivity index (χ4v) is 4.14. The lowest BCUT2D eigenvalue weighted by atomic mass is 10.1. The molecule has 25 heavy (non-hydrogen) atoms. The zero-order chi connectivity index (χ0) is 18.0. The molecule has 2 heterocycles. The highest BCUT2D eigenvalue weighted by Gasteiger charge is 2.38. The molecule has 1 aromatic carbocycles. The van der Waals surface area contributed by atoms with Crippen molar-refractivity contribution >= 4 is 45.8 Å². The number of nitrogens with zero attached hydrogens (tertiary/aromatic N) is 1. The largest absolute Gasteiger partial charge is 0.467 e. The predicted molar refractivity (Wildman–Crippen MR) is 102 cm³/mol. The van der Waals surface area contributed by atoms with E-state index in [0.29, 0.717) is 16.6 Å². The number of thiocarbonyl (C=S) groups is 1. The Morgan fingerprint density at radius 2 is 2.16 bits per heavy atom. The third kappa shape index (κ3) is 4.11. The molecule has 1 aliphatic rings. The second-order valence-electron chi connectivity index (χ2n) is 5.95. The molecule has 3 rings (SSSR count). The first kappa shape index (κ1) is 17.7. The van der Waals surface area contributed by atoms with Crippen LogP contribution in [0, 0.1) is 13.8 Å². The minimum atomic E-state index is -0.492. The average Bonchev–Trinajstić information content (AvgIpc) is 3.15. The van der Waals surface area contributed by atoms with Gasteiger partial charge in [0.1, 0.15) is 10.1 Å². The molecule has 0 spiro atoms. The van der Waals surface area contributed by atoms with E-state index in [-0.39, 0.29) is 18.2 Å². The summed E-state index contributed by atoms with van der Waals surface area (Å²) < 4.78 is 5.75. The molecule has 1 aromatic heterocycles. The topological polar surface area (TPSA) is 62.6 Å². The van der Waals surface area contributed by atoms with Gasteiger partial charge in [-0.1, -0.05) is 41.7 Å². The zero-order valence-electron chi connectivity index (χ0n) is 13.9. The summed E-state index contributed by atoms with van der Waals surface area (Å²) in [5, 5.41) is 2.38. The van der Waals surface area contributed by atoms with Gasteiger partial charge in [0.25, 0.3) is 0 Å². The first-order valence-electron chi connectivity index (χ1n) is 7.85. The standard InChI is InChI=1S/C18H18N2O3S2/c1-11-5-6-14(12(2)8-11)19-16(21)9-15-17(22)20(18(24)25-15)10-13-4-3-7-23-13/h3-8,15H,9-10H2,1-2H3,(H,19,21). The number of furan rings is 1. The van der Waals surface area contributed by atoms with Gasteiger partial charge in [-0.05, 0) is 37.6 Å². The molecule has 0 bridgehead atoms. The molecule has 1 N–H and O–H groups in total. The minimum absolute atomic E-state index is 0.0889. The Kier molecular flexibility index (Phi) is 5.24. The van der Waals surface area contributed by atoms with E-state index in [1.165, 1.54) is 16.7 Å². The Labute approximate surface area is 155 Å². The van der Waals surface area contributed by atoms with Crippen molar-refractivity contribution in [3.05, 3.63) is 53.5 Å². The second kappa shape index (κ2) is 7.41. The SMILES string of the molecule is Cc1ccc(NC(=O)CC2SC(=S)N(Cc3ccco3)C2=O)c(C)c1. The third-order valence-corrected chi connectivity index (χ3v) is 5.51. The van der Waals surface area contributed by atoms with Crippen LogP contribution in [0.3, 0.4) is 0 Å². The molecular formula is C18H18N2O3S2. The Morgan fingerprint density at radius 1 is 1.36 bits per heavy atom. The van der Waals surface area contributed by atoms with Gasteiger partial charge < -0.3 is 9.73 Å². The van der Waals surface area contributed by atoms with E-state index in [1.54, 1.807) is 18.4 Å². The van der Waals surface area contributed by atoms with E-state index in [1.807, 2.05) is 32.0 Å². The van der Waals surface area contributed by atoms with E-state index < -0.39 is 5.25 Å². The van der Waals surface area contributed by atoms with Crippen molar-refractivity contribution in [2.75, 3.05) is 5.32 Å². The predicted octanol–water partition coefficient (Wildman–Crippen LogP) is 3.65. The van der Waals surface area contributed by atoms with Crippen LogP contribution >= 0.6 is 24.0 Å². The summed E-state index contributed by atoms with van der Waals surface area (Å²) >= 11 is 6.53. The van der Waals surface area contributed by atoms with Crippen molar-refractivity contribution in [2.24, 2.45) is 0 Å². The fourth-order valence-electron chi connectivity index (χ4n) is 2.65. The lowest BCUT2D eigenvalue weighted by Gasteiger charge is -2.14. The highest BCUT2D eigenvalue weighted by atomic mass is 32.2. The summed E-state index contributed by atoms with van der Waals surface area (Å²) in [6.45, 7) is 4.24. The first-order chi connectivity index (χ1) is 11.9. The zero-order valence-corrected chi connectivity index (χ0v) is 15.6. The number of carbonyl (C=O) groups excluding carboxylic acids is 2. The summed E-state index contributed by atoms with van der Waals surface area (Å²) in [6.07, 6.45) is 1.65. The monoisotopic (exact) mass is 374 g/mol. The maximum atomic E-state index is 12.5. The van der Waals surface area contributed by atoms with E-state index >= 15 is 0 Å². The molecule has 7 heteroatoms. The van der Waals surface area contributed by atoms with Crippen molar-refractivity contribution in [3.63, 3.8) is 0 Å². The number of thioether (sulfide) groups is 1. The van der Waals surface area contributed by atoms with E-state index in [9.17, 15) is 9.59 Å². The van der Waals surface area contributed by atoms with Crippen LogP contribution < -0.4 is 5.32 Å². The van der Waals surface area contributed by atoms with E-state index in [2.05, 4.69) is 5.32 Å². The van der Waals surface area contributed by atoms with Crippen molar-refractivity contribution in [3.8, 4) is 0 Å². The first-order valence-corrected chi connectivity index (χ1v) is 9.14. The number of anilines is 1. The molecule has 1 fully saturated rings. The number of carbonyl (C=O) groups is 2. The molecule has 0 aliphatic carbocycles. The Morgan fingerprint density at radius 3 is 2.84 bits per heavy atom. The number of aryl methyl sites for hydroxylation is 2. The van der Waals surface area contributed by atoms with Crippen molar-refractivity contribution < 1.29 is 14.0 Å². The van der Waals surface area contributed by atoms with E-state index in [0.717, 1.165) is 16.8 Å². The summed E-state index contributed by atoms with van der Waals surface area (Å²) in [7, 11) is 0. The molecule has 1 atom stereocenters. The van der Waals surface area contributed by atoms with Crippen LogP contribution in [0.5, 0.6) is 0 Å². The fraction of sp³-hybridized carbons (Fsp3) is 0.278. The van der Waals surface area contributed by atoms with E-state index in [4.69, 9.17) is 16.6 Å². The third-order valence-electron chi connectivity index (χ3n) is 3.93. The van der Waals surface area contributed by atoms with Gasteiger partial charge in [0, 0.05) is 12.1 Å². The molecule has 0 saturated carbocycles. The van der Waals surface area contributed by atoms with Gasteiger partial charge in [-0.15, -0.1) is 0 Å². The lowest BCUT2D eigenvalue weighted by Crippen LogP contribution is -2.32. The molecule has 5 nitrogen and oxygen atoms in total. The van der Waals surface area contributed by atoms with Crippen LogP contribution in [0.25, 0.3) is 0 Å². The van der Waals surface area contributed by atoms with Gasteiger partial charge >= 0.3 is 0 Å². The van der Waals surface area contributed by atoms with Crippen molar-refractivity contribution in [2.45, 2.75) is 32.1 Å². The molecular weight excluding hydrogens is 356 g/mol. The molecule has 1 aliphatic heterocycles. The second-order valence-corrected chi connectivity index (χ2v) is 7.78. The van der Waals surface area contributed by atoms with Gasteiger partial charge in [-0.2, -0.15) is 0 Å². The quantitative estimate of drug-likeness (QED) is 0.810. The summed E-state index contributed by atoms with van der Waals surface area (Å²) in [6, 6.07) is 9.38. The normalized spacial score (nSPS) is 17.2. The highest BCUT2D eigenvalue weighted by Crippen LogP contribution is 2.31. The maximum absolute atomic E-state index is 12.5. The Bertz CT molecular complexity index is 818. The average molecular weight is 374 g/mol. The summed E-state index contributed by atoms with van der Waals surface area (Å²) in [5.74, 6) is 0.319. The number of amides is 2. The summed E-state index contributed by atoms with van der Waals surface area (Å²) in [4.78, 5) is 26.4. The Hall–Kier alpha value is -2.12. The minimum Gasteiger partial charge on any atom is -0.467 e. The van der Waals surface area contributed by atoms with Crippen LogP contribution in [-0.2, 0) is 16.1 Å². The number of hydrogen-bond acceptors (Lipinski definition) is 5. The molecule has 0 radical (unpaired) electrons. The number of nitrogens with one attached hydrogen (secondary N) is 1. The van der Waals surface area contributed by atoms with Crippen LogP contribution in [0.15, 0.2) is 41.0 Å². The molecule has 1 saturated heterocycles. The van der Waals surface area contributed by atoms with Gasteiger partial charge in [-0.3, -0.25) is 14.5 Å². The van der Waals surface area contributed by atoms with Crippen LogP contribution in [-0.4, -0.2) is 26.3 Å². The summed E-state index contributed by atoms with van der Waals surface area (Å²) in [5.41, 5.74) is 2.89. The van der Waals surface area contributed by atoms with Crippen molar-refractivity contribution in [1.82, 2.24) is 4.90 Å². The van der Waals surface area contributed by atoms with Gasteiger partial charge in [0.15, 0.2) is 0 Å². The molecule has 1 unspecified atom stereocenters. The van der Waals surface area contributed by atoms with Crippen LogP contribution in [0.4, 0.5) is 5.69 Å². The van der Waals surface area contributed by atoms with Gasteiger partial charge in [0.2, 0.25) is 11.8 Å². The molecule has 2 amide bonds. The molecule has 2 aromatic rings. The van der Waals surface area contributed by atoms with Crippen molar-refractivity contribution in [1.29, 1.82) is 0 Å². The number of rotatable bonds is 5. The Balaban J connectivity index is 1.61. The van der Waals surface area contributed by atoms with Crippen LogP contribution in [0.2, 0.25) is 0 Å². The van der Waals surface area contributed by atoms with Crippen LogP contribution in [0.1, 0.15) is 23.3 Å². The maximum Gasteiger partial charge on any atom is 0.242 e. The number of hydrogen-bond donors (Lipinski definition) is 1.